The van der Waals surface area contributed by atoms with Crippen molar-refractivity contribution in [1.29, 1.82) is 0 Å². The van der Waals surface area contributed by atoms with Gasteiger partial charge in [0, 0.05) is 49.7 Å². The molecule has 0 aliphatic carbocycles. The predicted octanol–water partition coefficient (Wildman–Crippen LogP) is 1.15. The van der Waals surface area contributed by atoms with Crippen molar-refractivity contribution in [2.45, 2.75) is 77.5 Å². The van der Waals surface area contributed by atoms with E-state index in [0.717, 1.165) is 5.56 Å². The fourth-order valence-corrected chi connectivity index (χ4v) is 6.88. The summed E-state index contributed by atoms with van der Waals surface area (Å²) in [5.74, 6) is -1.51. The Bertz CT molecular complexity index is 2310. The summed E-state index contributed by atoms with van der Waals surface area (Å²) >= 11 is 0. The molecule has 2 atom stereocenters. The molecule has 2 saturated heterocycles. The van der Waals surface area contributed by atoms with E-state index in [0.29, 0.717) is 47.2 Å². The van der Waals surface area contributed by atoms with Crippen molar-refractivity contribution in [3.63, 3.8) is 0 Å². The molecule has 2 fully saturated rings. The third-order valence-electron chi connectivity index (χ3n) is 9.44. The minimum Gasteiger partial charge on any atom is -0.344 e. The number of nitrogens with one attached hydrogen (secondary N) is 4. The van der Waals surface area contributed by atoms with E-state index in [1.807, 2.05) is 11.0 Å². The number of anilines is 2. The van der Waals surface area contributed by atoms with Gasteiger partial charge < -0.3 is 15.5 Å². The number of imide groups is 2. The molecule has 4 N–H and O–H groups in total. The van der Waals surface area contributed by atoms with E-state index < -0.39 is 35.4 Å². The van der Waals surface area contributed by atoms with Crippen LogP contribution in [0.2, 0.25) is 0 Å². The lowest BCUT2D eigenvalue weighted by Crippen LogP contribution is -2.54. The smallest absolute Gasteiger partial charge is 0.264 e. The first-order chi connectivity index (χ1) is 25.4. The van der Waals surface area contributed by atoms with Gasteiger partial charge in [-0.25, -0.2) is 14.7 Å². The highest BCUT2D eigenvalue weighted by molar-refractivity contribution is 6.03. The van der Waals surface area contributed by atoms with Gasteiger partial charge >= 0.3 is 0 Å². The van der Waals surface area contributed by atoms with Crippen LogP contribution in [0.3, 0.4) is 0 Å². The monoisotopic (exact) mass is 721 g/mol. The normalized spacial score (nSPS) is 18.6. The number of aromatic nitrogens is 5. The SMILES string of the molecule is CC1=Nc2cccc(NC(=O)Cn3cc(CCC(=O)Nc4cccc5nc(C)n(C6CCC(=O)NC6=O)c(=O)c45)nn3)c2CN1C1CCC(=O)NC1=O. The van der Waals surface area contributed by atoms with Crippen LogP contribution in [0.5, 0.6) is 0 Å². The Balaban J connectivity index is 0.977. The molecule has 18 heteroatoms. The number of hydrogen-bond donors (Lipinski definition) is 4. The molecule has 0 radical (unpaired) electrons. The van der Waals surface area contributed by atoms with E-state index in [4.69, 9.17) is 0 Å². The van der Waals surface area contributed by atoms with E-state index in [1.54, 1.807) is 50.4 Å². The number of piperidine rings is 2. The summed E-state index contributed by atoms with van der Waals surface area (Å²) in [6.45, 7) is 3.56. The molecule has 53 heavy (non-hydrogen) atoms. The molecule has 3 aliphatic rings. The number of amidine groups is 1. The van der Waals surface area contributed by atoms with Crippen molar-refractivity contribution in [2.75, 3.05) is 10.6 Å². The first-order valence-corrected chi connectivity index (χ1v) is 17.1. The number of amides is 6. The van der Waals surface area contributed by atoms with E-state index in [9.17, 15) is 33.6 Å². The molecule has 2 aromatic heterocycles. The van der Waals surface area contributed by atoms with Gasteiger partial charge in [0.25, 0.3) is 5.56 Å². The summed E-state index contributed by atoms with van der Waals surface area (Å²) in [5.41, 5.74) is 2.46. The predicted molar refractivity (Wildman–Crippen MR) is 189 cm³/mol. The van der Waals surface area contributed by atoms with Crippen LogP contribution in [-0.4, -0.2) is 76.8 Å². The lowest BCUT2D eigenvalue weighted by atomic mass is 10.0. The van der Waals surface area contributed by atoms with Crippen molar-refractivity contribution < 1.29 is 28.8 Å². The molecule has 3 aliphatic heterocycles. The molecule has 4 aromatic rings. The third kappa shape index (κ3) is 7.15. The zero-order valence-electron chi connectivity index (χ0n) is 28.8. The van der Waals surface area contributed by atoms with E-state index in [2.05, 4.69) is 41.6 Å². The van der Waals surface area contributed by atoms with Crippen LogP contribution >= 0.6 is 0 Å². The number of hydrogen-bond acceptors (Lipinski definition) is 12. The van der Waals surface area contributed by atoms with Crippen molar-refractivity contribution in [3.05, 3.63) is 70.0 Å². The largest absolute Gasteiger partial charge is 0.344 e. The molecule has 6 amide bonds. The van der Waals surface area contributed by atoms with Crippen molar-refractivity contribution in [3.8, 4) is 0 Å². The molecule has 18 nitrogen and oxygen atoms in total. The van der Waals surface area contributed by atoms with E-state index >= 15 is 0 Å². The van der Waals surface area contributed by atoms with Gasteiger partial charge in [0.1, 0.15) is 30.3 Å². The number of carbonyl (C=O) groups is 6. The van der Waals surface area contributed by atoms with Crippen molar-refractivity contribution in [2.24, 2.45) is 4.99 Å². The average molecular weight is 722 g/mol. The van der Waals surface area contributed by atoms with Crippen molar-refractivity contribution in [1.82, 2.24) is 40.1 Å². The van der Waals surface area contributed by atoms with Crippen LogP contribution in [-0.2, 0) is 48.3 Å². The Morgan fingerprint density at radius 3 is 2.28 bits per heavy atom. The summed E-state index contributed by atoms with van der Waals surface area (Å²) in [4.78, 5) is 99.3. The fourth-order valence-electron chi connectivity index (χ4n) is 6.88. The lowest BCUT2D eigenvalue weighted by molar-refractivity contribution is -0.137. The quantitative estimate of drug-likeness (QED) is 0.179. The summed E-state index contributed by atoms with van der Waals surface area (Å²) in [7, 11) is 0. The van der Waals surface area contributed by atoms with Gasteiger partial charge in [-0.1, -0.05) is 17.3 Å². The maximum Gasteiger partial charge on any atom is 0.264 e. The lowest BCUT2D eigenvalue weighted by Gasteiger charge is -2.37. The molecule has 5 heterocycles. The fraction of sp³-hybridized carbons (Fsp3) is 0.343. The van der Waals surface area contributed by atoms with Gasteiger partial charge in [-0.3, -0.25) is 48.8 Å². The Labute approximate surface area is 301 Å². The number of aliphatic imine (C=N–C) groups is 1. The van der Waals surface area contributed by atoms with E-state index in [1.165, 1.54) is 9.25 Å². The van der Waals surface area contributed by atoms with Gasteiger partial charge in [-0.2, -0.15) is 0 Å². The first kappa shape index (κ1) is 34.8. The minimum absolute atomic E-state index is 0.0122. The Morgan fingerprint density at radius 1 is 0.868 bits per heavy atom. The Kier molecular flexibility index (Phi) is 9.34. The summed E-state index contributed by atoms with van der Waals surface area (Å²) in [5, 5.41) is 18.6. The molecule has 2 unspecified atom stereocenters. The number of nitrogens with zero attached hydrogens (tertiary/aromatic N) is 7. The first-order valence-electron chi connectivity index (χ1n) is 17.1. The van der Waals surface area contributed by atoms with Gasteiger partial charge in [0.05, 0.1) is 28.0 Å². The highest BCUT2D eigenvalue weighted by atomic mass is 16.2. The van der Waals surface area contributed by atoms with Gasteiger partial charge in [-0.15, -0.1) is 5.10 Å². The second kappa shape index (κ2) is 14.2. The molecule has 0 bridgehead atoms. The molecular weight excluding hydrogens is 686 g/mol. The maximum absolute atomic E-state index is 13.7. The molecule has 7 rings (SSSR count). The van der Waals surface area contributed by atoms with Crippen LogP contribution in [0.4, 0.5) is 17.1 Å². The second-order valence-electron chi connectivity index (χ2n) is 13.1. The number of carbonyl (C=O) groups excluding carboxylic acids is 6. The second-order valence-corrected chi connectivity index (χ2v) is 13.1. The van der Waals surface area contributed by atoms with Gasteiger partial charge in [0.2, 0.25) is 35.4 Å². The molecule has 272 valence electrons. The third-order valence-corrected chi connectivity index (χ3v) is 9.44. The molecule has 0 saturated carbocycles. The minimum atomic E-state index is -0.905. The maximum atomic E-state index is 13.7. The van der Waals surface area contributed by atoms with Crippen LogP contribution in [0.1, 0.15) is 62.2 Å². The van der Waals surface area contributed by atoms with Crippen molar-refractivity contribution >= 4 is 69.2 Å². The highest BCUT2D eigenvalue weighted by Crippen LogP contribution is 2.34. The van der Waals surface area contributed by atoms with Crippen LogP contribution in [0.15, 0.2) is 52.4 Å². The van der Waals surface area contributed by atoms with Crippen LogP contribution < -0.4 is 26.8 Å². The number of aryl methyl sites for hydroxylation is 2. The Morgan fingerprint density at radius 2 is 1.55 bits per heavy atom. The van der Waals surface area contributed by atoms with Gasteiger partial charge in [0.15, 0.2) is 0 Å². The summed E-state index contributed by atoms with van der Waals surface area (Å²) in [6.07, 6.45) is 2.58. The van der Waals surface area contributed by atoms with Crippen LogP contribution in [0.25, 0.3) is 10.9 Å². The average Bonchev–Trinajstić information content (AvgIpc) is 3.55. The van der Waals surface area contributed by atoms with Crippen LogP contribution in [0, 0.1) is 6.92 Å². The number of rotatable bonds is 9. The summed E-state index contributed by atoms with van der Waals surface area (Å²) in [6, 6.07) is 8.76. The standard InChI is InChI=1S/C35H35N11O7/c1-18-36-22-5-3-6-23(21(22)16-45(18)26-10-13-29(48)40-33(26)51)38-31(50)17-44-15-20(42-43-44)9-12-28(47)39-25-8-4-7-24-32(25)35(53)46(19(2)37-24)27-11-14-30(49)41-34(27)52/h3-8,15,26-27H,9-14,16-17H2,1-2H3,(H,38,50)(H,39,47)(H,40,48,51)(H,41,49,52). The van der Waals surface area contributed by atoms with E-state index in [-0.39, 0.29) is 67.4 Å². The van der Waals surface area contributed by atoms with Gasteiger partial charge in [-0.05, 0) is 51.0 Å². The number of fused-ring (bicyclic) bond motifs is 2. The topological polar surface area (TPSA) is 232 Å². The molecular formula is C35H35N11O7. The zero-order valence-corrected chi connectivity index (χ0v) is 28.8. The zero-order chi connectivity index (χ0) is 37.4. The summed E-state index contributed by atoms with van der Waals surface area (Å²) < 4.78 is 2.61. The highest BCUT2D eigenvalue weighted by Gasteiger charge is 2.35. The number of benzene rings is 2. The Hall–Kier alpha value is -6.59. The molecule has 2 aromatic carbocycles. The molecule has 0 spiro atoms.